The predicted octanol–water partition coefficient (Wildman–Crippen LogP) is 7.13. The molecule has 0 radical (unpaired) electrons. The summed E-state index contributed by atoms with van der Waals surface area (Å²) in [6, 6.07) is 15.1. The van der Waals surface area contributed by atoms with Crippen LogP contribution in [0.25, 0.3) is 0 Å². The molecule has 3 aliphatic rings. The topological polar surface area (TPSA) is 239 Å². The number of hydrogen-bond acceptors (Lipinski definition) is 16. The van der Waals surface area contributed by atoms with E-state index < -0.39 is 40.8 Å². The molecule has 0 bridgehead atoms. The van der Waals surface area contributed by atoms with Crippen LogP contribution in [0, 0.1) is 27.9 Å². The van der Waals surface area contributed by atoms with Gasteiger partial charge in [-0.25, -0.2) is 9.59 Å². The van der Waals surface area contributed by atoms with Gasteiger partial charge in [-0.3, -0.25) is 20.3 Å². The number of oxime groups is 1. The molecule has 4 N–H and O–H groups in total. The standard InChI is InChI=1S/C49H62N4O15/c1-5-24-65-49-44(52(48(58)63-4)20-25-64-26-23-56)30-41(51-66-31-32-12-14-34(15-13-32)53(59)60)38-27-33(10-6-8-21-54)37(11-7-9-22-55)45(46(38)49)39-28-36(17-19-42(39)68-49)67-47(57)50-40-18-16-35(61-2)29-43(40)62-3/h5,12-19,27-29,33,37,44-46,54-56H,1,6-11,20-26,30-31H2,2-4H3,(H,50,57)/t33-,37+,44-,45+,46+,49+/m0/s1. The molecule has 1 saturated carbocycles. The number of nitrogens with one attached hydrogen (secondary N) is 1. The van der Waals surface area contributed by atoms with E-state index in [1.54, 1.807) is 54.6 Å². The first kappa shape index (κ1) is 51.1. The second-order valence-electron chi connectivity index (χ2n) is 16.5. The Hall–Kier alpha value is -6.25. The van der Waals surface area contributed by atoms with Crippen molar-refractivity contribution in [2.24, 2.45) is 22.9 Å². The van der Waals surface area contributed by atoms with Gasteiger partial charge in [-0.1, -0.05) is 30.1 Å². The van der Waals surface area contributed by atoms with Gasteiger partial charge in [0.1, 0.15) is 35.6 Å². The van der Waals surface area contributed by atoms with Crippen molar-refractivity contribution in [1.29, 1.82) is 0 Å². The van der Waals surface area contributed by atoms with Crippen LogP contribution >= 0.6 is 0 Å². The number of fused-ring (bicyclic) bond motifs is 2. The highest BCUT2D eigenvalue weighted by atomic mass is 16.7. The fraction of sp³-hybridized carbons (Fsp3) is 0.490. The van der Waals surface area contributed by atoms with Gasteiger partial charge in [-0.15, -0.1) is 6.58 Å². The number of nitro benzene ring substituents is 1. The molecule has 19 heteroatoms. The maximum absolute atomic E-state index is 14.0. The van der Waals surface area contributed by atoms with Crippen molar-refractivity contribution in [3.05, 3.63) is 106 Å². The Labute approximate surface area is 395 Å². The SMILES string of the molecule is C=CCO[C@@]12Oc3ccc(OC(=O)Nc4ccc(OC)cc4OC)cc3[C@H]3[C@H](CCCCO)[C@@H](CCCCO)C=C(C(=NOCc4ccc([N+](=O)[O-])cc4)C[C@@H]1N(CCOCCO)C(=O)OC)[C@H]32. The van der Waals surface area contributed by atoms with E-state index in [4.69, 9.17) is 43.2 Å². The number of benzene rings is 3. The molecule has 3 aromatic carbocycles. The summed E-state index contributed by atoms with van der Waals surface area (Å²) >= 11 is 0. The summed E-state index contributed by atoms with van der Waals surface area (Å²) in [5, 5.41) is 48.3. The highest BCUT2D eigenvalue weighted by Crippen LogP contribution is 2.62. The van der Waals surface area contributed by atoms with Gasteiger partial charge in [0.2, 0.25) is 5.79 Å². The summed E-state index contributed by atoms with van der Waals surface area (Å²) in [7, 11) is 4.27. The zero-order chi connectivity index (χ0) is 48.6. The Morgan fingerprint density at radius 1 is 0.956 bits per heavy atom. The first-order chi connectivity index (χ1) is 33.0. The number of anilines is 1. The van der Waals surface area contributed by atoms with Crippen LogP contribution in [0.3, 0.4) is 0 Å². The van der Waals surface area contributed by atoms with Crippen LogP contribution in [0.15, 0.2) is 90.1 Å². The zero-order valence-electron chi connectivity index (χ0n) is 38.7. The third kappa shape index (κ3) is 11.9. The lowest BCUT2D eigenvalue weighted by Gasteiger charge is -2.59. The number of rotatable bonds is 25. The summed E-state index contributed by atoms with van der Waals surface area (Å²) in [6.45, 7) is 3.78. The Bertz CT molecular complexity index is 2250. The van der Waals surface area contributed by atoms with Crippen molar-refractivity contribution < 1.29 is 67.8 Å². The van der Waals surface area contributed by atoms with E-state index in [-0.39, 0.29) is 82.5 Å². The number of aliphatic hydroxyl groups excluding tert-OH is 3. The number of allylic oxidation sites excluding steroid dienone is 1. The number of carbonyl (C=O) groups is 2. The lowest BCUT2D eigenvalue weighted by atomic mass is 9.55. The number of ether oxygens (including phenoxy) is 7. The quantitative estimate of drug-likeness (QED) is 0.0286. The van der Waals surface area contributed by atoms with Gasteiger partial charge in [0.15, 0.2) is 0 Å². The number of non-ortho nitro benzene ring substituents is 1. The monoisotopic (exact) mass is 946 g/mol. The van der Waals surface area contributed by atoms with E-state index in [2.05, 4.69) is 18.0 Å². The molecule has 0 saturated heterocycles. The van der Waals surface area contributed by atoms with Gasteiger partial charge in [0.05, 0.1) is 70.0 Å². The highest BCUT2D eigenvalue weighted by Gasteiger charge is 2.65. The number of carbonyl (C=O) groups excluding carboxylic acids is 2. The average Bonchev–Trinajstić information content (AvgIpc) is 3.34. The minimum Gasteiger partial charge on any atom is -0.497 e. The molecule has 1 aliphatic heterocycles. The molecule has 6 rings (SSSR count). The molecule has 2 amide bonds. The van der Waals surface area contributed by atoms with Crippen molar-refractivity contribution in [2.75, 3.05) is 72.8 Å². The molecule has 0 aromatic heterocycles. The fourth-order valence-corrected chi connectivity index (χ4v) is 9.58. The van der Waals surface area contributed by atoms with Gasteiger partial charge in [-0.2, -0.15) is 0 Å². The molecule has 1 heterocycles. The molecular weight excluding hydrogens is 885 g/mol. The van der Waals surface area contributed by atoms with Gasteiger partial charge >= 0.3 is 12.2 Å². The molecule has 6 atom stereocenters. The van der Waals surface area contributed by atoms with Crippen LogP contribution in [0.1, 0.15) is 62.0 Å². The summed E-state index contributed by atoms with van der Waals surface area (Å²) in [6.07, 6.45) is 6.16. The molecular formula is C49H62N4O15. The zero-order valence-corrected chi connectivity index (χ0v) is 38.7. The van der Waals surface area contributed by atoms with Crippen LogP contribution in [0.5, 0.6) is 23.0 Å². The molecule has 0 unspecified atom stereocenters. The van der Waals surface area contributed by atoms with E-state index in [9.17, 15) is 35.0 Å². The van der Waals surface area contributed by atoms with Crippen LogP contribution in [0.2, 0.25) is 0 Å². The van der Waals surface area contributed by atoms with Crippen molar-refractivity contribution >= 4 is 29.3 Å². The minimum atomic E-state index is -1.63. The normalized spacial score (nSPS) is 21.8. The molecule has 19 nitrogen and oxygen atoms in total. The summed E-state index contributed by atoms with van der Waals surface area (Å²) in [5.74, 6) is -1.51. The fourth-order valence-electron chi connectivity index (χ4n) is 9.58. The van der Waals surface area contributed by atoms with E-state index in [0.717, 1.165) is 5.57 Å². The smallest absolute Gasteiger partial charge is 0.417 e. The van der Waals surface area contributed by atoms with E-state index in [1.807, 2.05) is 0 Å². The first-order valence-electron chi connectivity index (χ1n) is 22.7. The second kappa shape index (κ2) is 24.7. The van der Waals surface area contributed by atoms with Crippen molar-refractivity contribution in [1.82, 2.24) is 4.90 Å². The largest absolute Gasteiger partial charge is 0.497 e. The third-order valence-electron chi connectivity index (χ3n) is 12.6. The predicted molar refractivity (Wildman–Crippen MR) is 249 cm³/mol. The van der Waals surface area contributed by atoms with Crippen molar-refractivity contribution in [3.63, 3.8) is 0 Å². The number of nitrogens with zero attached hydrogens (tertiary/aromatic N) is 3. The Balaban J connectivity index is 1.52. The lowest BCUT2D eigenvalue weighted by Crippen LogP contribution is -2.70. The Morgan fingerprint density at radius 2 is 1.71 bits per heavy atom. The molecule has 368 valence electrons. The number of hydrogen-bond donors (Lipinski definition) is 4. The van der Waals surface area contributed by atoms with E-state index in [1.165, 1.54) is 38.4 Å². The molecule has 1 fully saturated rings. The summed E-state index contributed by atoms with van der Waals surface area (Å²) in [4.78, 5) is 46.1. The second-order valence-corrected chi connectivity index (χ2v) is 16.5. The minimum absolute atomic E-state index is 0.00467. The van der Waals surface area contributed by atoms with Crippen LogP contribution < -0.4 is 24.3 Å². The lowest BCUT2D eigenvalue weighted by molar-refractivity contribution is -0.384. The van der Waals surface area contributed by atoms with Crippen LogP contribution in [-0.2, 0) is 25.7 Å². The number of aliphatic hydroxyl groups is 3. The summed E-state index contributed by atoms with van der Waals surface area (Å²) in [5.41, 5.74) is 2.85. The number of amides is 2. The number of methoxy groups -OCH3 is 3. The summed E-state index contributed by atoms with van der Waals surface area (Å²) < 4.78 is 42.0. The van der Waals surface area contributed by atoms with Crippen molar-refractivity contribution in [3.8, 4) is 23.0 Å². The third-order valence-corrected chi connectivity index (χ3v) is 12.6. The van der Waals surface area contributed by atoms with Gasteiger partial charge in [0.25, 0.3) is 5.69 Å². The molecule has 2 aliphatic carbocycles. The average molecular weight is 947 g/mol. The van der Waals surface area contributed by atoms with Gasteiger partial charge in [0, 0.05) is 55.9 Å². The highest BCUT2D eigenvalue weighted by molar-refractivity contribution is 6.03. The molecule has 0 spiro atoms. The maximum atomic E-state index is 14.0. The van der Waals surface area contributed by atoms with Gasteiger partial charge < -0.3 is 53.3 Å². The Kier molecular flexibility index (Phi) is 18.6. The number of nitro groups is 1. The van der Waals surface area contributed by atoms with E-state index in [0.29, 0.717) is 78.3 Å². The van der Waals surface area contributed by atoms with E-state index >= 15 is 0 Å². The van der Waals surface area contributed by atoms with Crippen LogP contribution in [0.4, 0.5) is 21.0 Å². The Morgan fingerprint density at radius 3 is 2.38 bits per heavy atom. The molecule has 3 aromatic rings. The number of unbranched alkanes of at least 4 members (excludes halogenated alkanes) is 2. The van der Waals surface area contributed by atoms with Crippen LogP contribution in [-0.4, -0.2) is 122 Å². The van der Waals surface area contributed by atoms with Gasteiger partial charge in [-0.05, 0) is 91.1 Å². The first-order valence-corrected chi connectivity index (χ1v) is 22.7. The maximum Gasteiger partial charge on any atom is 0.417 e. The molecule has 68 heavy (non-hydrogen) atoms. The van der Waals surface area contributed by atoms with Crippen molar-refractivity contribution in [2.45, 2.75) is 69.3 Å².